The molecule has 1 unspecified atom stereocenters. The number of hydrogen-bond donors (Lipinski definition) is 1. The number of aryl methyl sites for hydroxylation is 2. The Balaban J connectivity index is 1.69. The van der Waals surface area contributed by atoms with Gasteiger partial charge < -0.3 is 4.98 Å². The van der Waals surface area contributed by atoms with Crippen LogP contribution in [0.3, 0.4) is 0 Å². The Morgan fingerprint density at radius 1 is 0.700 bits per heavy atom. The van der Waals surface area contributed by atoms with Crippen molar-refractivity contribution in [3.8, 4) is 0 Å². The van der Waals surface area contributed by atoms with Crippen LogP contribution in [0.15, 0.2) is 36.7 Å². The van der Waals surface area contributed by atoms with E-state index in [0.29, 0.717) is 0 Å². The highest BCUT2D eigenvalue weighted by atomic mass is 14.9. The smallest absolute Gasteiger partial charge is 0.105 e. The second-order valence-electron chi connectivity index (χ2n) is 9.09. The van der Waals surface area contributed by atoms with Gasteiger partial charge in [0, 0.05) is 18.8 Å². The molecule has 0 fully saturated rings. The summed E-state index contributed by atoms with van der Waals surface area (Å²) in [5.74, 6) is 1.87. The number of nitrogens with one attached hydrogen (secondary N) is 1. The minimum atomic E-state index is 0.737. The second-order valence-corrected chi connectivity index (χ2v) is 9.09. The molecule has 0 saturated heterocycles. The van der Waals surface area contributed by atoms with E-state index in [1.54, 1.807) is 5.56 Å². The SMILES string of the molecule is CCCCCCCCCc1ccc(C(CCCC)CCCCCc2ncc[nH]2)cc1. The van der Waals surface area contributed by atoms with Crippen LogP contribution in [-0.2, 0) is 12.8 Å². The Hall–Kier alpha value is -1.57. The predicted octanol–water partition coefficient (Wildman–Crippen LogP) is 8.78. The molecule has 168 valence electrons. The molecule has 1 N–H and O–H groups in total. The molecule has 0 radical (unpaired) electrons. The number of H-pyrrole nitrogens is 1. The van der Waals surface area contributed by atoms with Gasteiger partial charge in [0.05, 0.1) is 0 Å². The van der Waals surface area contributed by atoms with Crippen LogP contribution in [0.4, 0.5) is 0 Å². The van der Waals surface area contributed by atoms with E-state index >= 15 is 0 Å². The molecule has 1 atom stereocenters. The lowest BCUT2D eigenvalue weighted by atomic mass is 9.88. The molecule has 2 rings (SSSR count). The second kappa shape index (κ2) is 16.2. The van der Waals surface area contributed by atoms with Crippen LogP contribution in [0.2, 0.25) is 0 Å². The molecule has 30 heavy (non-hydrogen) atoms. The van der Waals surface area contributed by atoms with Gasteiger partial charge in [0.2, 0.25) is 0 Å². The highest BCUT2D eigenvalue weighted by Gasteiger charge is 2.11. The Labute approximate surface area is 186 Å². The minimum Gasteiger partial charge on any atom is -0.349 e. The third-order valence-electron chi connectivity index (χ3n) is 6.45. The molecule has 0 spiro atoms. The van der Waals surface area contributed by atoms with E-state index < -0.39 is 0 Å². The van der Waals surface area contributed by atoms with Crippen molar-refractivity contribution in [2.24, 2.45) is 0 Å². The summed E-state index contributed by atoms with van der Waals surface area (Å²) in [4.78, 5) is 7.55. The van der Waals surface area contributed by atoms with Gasteiger partial charge in [0.15, 0.2) is 0 Å². The van der Waals surface area contributed by atoms with Crippen molar-refractivity contribution in [2.75, 3.05) is 0 Å². The lowest BCUT2D eigenvalue weighted by molar-refractivity contribution is 0.509. The first kappa shape index (κ1) is 24.7. The first-order chi connectivity index (χ1) is 14.8. The lowest BCUT2D eigenvalue weighted by Gasteiger charge is -2.18. The van der Waals surface area contributed by atoms with Crippen molar-refractivity contribution < 1.29 is 0 Å². The summed E-state index contributed by atoms with van der Waals surface area (Å²) >= 11 is 0. The summed E-state index contributed by atoms with van der Waals surface area (Å²) in [5.41, 5.74) is 3.10. The lowest BCUT2D eigenvalue weighted by Crippen LogP contribution is -2.00. The average Bonchev–Trinajstić information content (AvgIpc) is 3.29. The van der Waals surface area contributed by atoms with E-state index in [0.717, 1.165) is 18.2 Å². The number of rotatable bonds is 18. The molecule has 2 aromatic rings. The molecule has 2 heteroatoms. The van der Waals surface area contributed by atoms with Gasteiger partial charge in [-0.2, -0.15) is 0 Å². The largest absolute Gasteiger partial charge is 0.349 e. The summed E-state index contributed by atoms with van der Waals surface area (Å²) in [6, 6.07) is 9.67. The number of unbranched alkanes of at least 4 members (excludes halogenated alkanes) is 9. The zero-order chi connectivity index (χ0) is 21.3. The van der Waals surface area contributed by atoms with Crippen LogP contribution in [0.5, 0.6) is 0 Å². The monoisotopic (exact) mass is 410 g/mol. The molecular weight excluding hydrogens is 364 g/mol. The van der Waals surface area contributed by atoms with Gasteiger partial charge in [0.25, 0.3) is 0 Å². The molecule has 0 aliphatic rings. The van der Waals surface area contributed by atoms with E-state index in [2.05, 4.69) is 48.1 Å². The summed E-state index contributed by atoms with van der Waals surface area (Å²) < 4.78 is 0. The fraction of sp³-hybridized carbons (Fsp3) is 0.679. The van der Waals surface area contributed by atoms with Gasteiger partial charge in [-0.1, -0.05) is 102 Å². The topological polar surface area (TPSA) is 28.7 Å². The summed E-state index contributed by atoms with van der Waals surface area (Å²) in [6.45, 7) is 4.60. The molecule has 0 aliphatic heterocycles. The molecule has 0 aliphatic carbocycles. The molecule has 1 aromatic heterocycles. The standard InChI is InChI=1S/C28H46N2/c1-3-5-7-8-9-10-12-15-25-19-21-27(22-20-25)26(16-6-4-2)17-13-11-14-18-28-29-23-24-30-28/h19-24,26H,3-18H2,1-2H3,(H,29,30). The summed E-state index contributed by atoms with van der Waals surface area (Å²) in [5, 5.41) is 0. The van der Waals surface area contributed by atoms with E-state index in [9.17, 15) is 0 Å². The maximum Gasteiger partial charge on any atom is 0.105 e. The summed E-state index contributed by atoms with van der Waals surface area (Å²) in [6.07, 6.45) is 25.0. The third kappa shape index (κ3) is 10.5. The molecule has 0 saturated carbocycles. The fourth-order valence-corrected chi connectivity index (χ4v) is 4.47. The van der Waals surface area contributed by atoms with E-state index in [1.165, 1.54) is 102 Å². The zero-order valence-electron chi connectivity index (χ0n) is 19.8. The Morgan fingerprint density at radius 2 is 1.33 bits per heavy atom. The summed E-state index contributed by atoms with van der Waals surface area (Å²) in [7, 11) is 0. The van der Waals surface area contributed by atoms with Gasteiger partial charge >= 0.3 is 0 Å². The van der Waals surface area contributed by atoms with Crippen LogP contribution in [0.25, 0.3) is 0 Å². The number of aromatic nitrogens is 2. The Bertz CT molecular complexity index is 615. The van der Waals surface area contributed by atoms with Gasteiger partial charge in [0.1, 0.15) is 5.82 Å². The number of benzene rings is 1. The Morgan fingerprint density at radius 3 is 2.03 bits per heavy atom. The molecule has 1 heterocycles. The molecule has 1 aromatic carbocycles. The highest BCUT2D eigenvalue weighted by molar-refractivity contribution is 5.25. The normalized spacial score (nSPS) is 12.3. The van der Waals surface area contributed by atoms with E-state index in [1.807, 2.05) is 12.4 Å². The molecular formula is C28H46N2. The van der Waals surface area contributed by atoms with Crippen LogP contribution in [-0.4, -0.2) is 9.97 Å². The van der Waals surface area contributed by atoms with Crippen molar-refractivity contribution in [3.05, 3.63) is 53.6 Å². The molecule has 0 bridgehead atoms. The van der Waals surface area contributed by atoms with Gasteiger partial charge in [-0.05, 0) is 49.1 Å². The van der Waals surface area contributed by atoms with E-state index in [-0.39, 0.29) is 0 Å². The number of aromatic amines is 1. The minimum absolute atomic E-state index is 0.737. The molecule has 2 nitrogen and oxygen atoms in total. The van der Waals surface area contributed by atoms with Crippen LogP contribution >= 0.6 is 0 Å². The van der Waals surface area contributed by atoms with Crippen LogP contribution in [0, 0.1) is 0 Å². The predicted molar refractivity (Wildman–Crippen MR) is 131 cm³/mol. The maximum atomic E-state index is 4.33. The molecule has 0 amide bonds. The van der Waals surface area contributed by atoms with Crippen molar-refractivity contribution in [2.45, 2.75) is 122 Å². The quantitative estimate of drug-likeness (QED) is 0.244. The number of hydrogen-bond acceptors (Lipinski definition) is 1. The van der Waals surface area contributed by atoms with Gasteiger partial charge in [-0.15, -0.1) is 0 Å². The van der Waals surface area contributed by atoms with Crippen LogP contribution in [0.1, 0.15) is 127 Å². The fourth-order valence-electron chi connectivity index (χ4n) is 4.47. The average molecular weight is 411 g/mol. The first-order valence-corrected chi connectivity index (χ1v) is 12.9. The van der Waals surface area contributed by atoms with E-state index in [4.69, 9.17) is 0 Å². The highest BCUT2D eigenvalue weighted by Crippen LogP contribution is 2.28. The number of nitrogens with zero attached hydrogens (tertiary/aromatic N) is 1. The van der Waals surface area contributed by atoms with Crippen molar-refractivity contribution >= 4 is 0 Å². The number of imidazole rings is 1. The Kier molecular flexibility index (Phi) is 13.3. The first-order valence-electron chi connectivity index (χ1n) is 12.9. The van der Waals surface area contributed by atoms with Gasteiger partial charge in [-0.25, -0.2) is 4.98 Å². The van der Waals surface area contributed by atoms with Gasteiger partial charge in [-0.3, -0.25) is 0 Å². The third-order valence-corrected chi connectivity index (χ3v) is 6.45. The maximum absolute atomic E-state index is 4.33. The van der Waals surface area contributed by atoms with Crippen molar-refractivity contribution in [1.29, 1.82) is 0 Å². The zero-order valence-corrected chi connectivity index (χ0v) is 19.8. The van der Waals surface area contributed by atoms with Crippen molar-refractivity contribution in [1.82, 2.24) is 9.97 Å². The van der Waals surface area contributed by atoms with Crippen LogP contribution < -0.4 is 0 Å². The van der Waals surface area contributed by atoms with Crippen molar-refractivity contribution in [3.63, 3.8) is 0 Å².